The van der Waals surface area contributed by atoms with Crippen LogP contribution in [0.15, 0.2) is 12.2 Å². The molecule has 0 aromatic carbocycles. The first-order valence-electron chi connectivity index (χ1n) is 4.51. The van der Waals surface area contributed by atoms with E-state index in [-0.39, 0.29) is 0 Å². The van der Waals surface area contributed by atoms with Crippen LogP contribution in [0, 0.1) is 11.8 Å². The minimum absolute atomic E-state index is 0.341. The molecule has 1 nitrogen and oxygen atoms in total. The Labute approximate surface area is 77.6 Å². The van der Waals surface area contributed by atoms with Crippen molar-refractivity contribution in [2.24, 2.45) is 11.8 Å². The molecule has 4 atom stereocenters. The maximum absolute atomic E-state index is 11.0. The van der Waals surface area contributed by atoms with Gasteiger partial charge in [-0.2, -0.15) is 0 Å². The van der Waals surface area contributed by atoms with Crippen LogP contribution in [0.5, 0.6) is 0 Å². The Balaban J connectivity index is 2.08. The number of ketones is 1. The topological polar surface area (TPSA) is 17.1 Å². The molecular weight excluding hydrogens is 168 g/mol. The van der Waals surface area contributed by atoms with E-state index in [1.54, 1.807) is 6.92 Å². The minimum Gasteiger partial charge on any atom is -0.300 e. The number of Topliss-reactive ketones (excluding diaryl/α,β-unsaturated/α-hetero) is 1. The average Bonchev–Trinajstić information content (AvgIpc) is 2.53. The first-order valence-corrected chi connectivity index (χ1v) is 5.46. The molecule has 2 aliphatic heterocycles. The number of hydrogen-bond donors (Lipinski definition) is 0. The molecule has 12 heavy (non-hydrogen) atoms. The minimum atomic E-state index is 0.341. The lowest BCUT2D eigenvalue weighted by Gasteiger charge is -2.21. The lowest BCUT2D eigenvalue weighted by atomic mass is 9.81. The SMILES string of the molecule is CC(=O)CC1C2C=CC(S2)C1C. The molecule has 2 heterocycles. The van der Waals surface area contributed by atoms with Gasteiger partial charge >= 0.3 is 0 Å². The van der Waals surface area contributed by atoms with Gasteiger partial charge in [-0.25, -0.2) is 0 Å². The summed E-state index contributed by atoms with van der Waals surface area (Å²) in [5.41, 5.74) is 0. The highest BCUT2D eigenvalue weighted by Gasteiger charge is 2.42. The summed E-state index contributed by atoms with van der Waals surface area (Å²) in [5, 5.41) is 1.33. The molecule has 2 bridgehead atoms. The van der Waals surface area contributed by atoms with Crippen LogP contribution in [0.3, 0.4) is 0 Å². The first-order chi connectivity index (χ1) is 5.68. The number of carbonyl (C=O) groups is 1. The highest BCUT2D eigenvalue weighted by atomic mass is 32.2. The van der Waals surface area contributed by atoms with E-state index in [0.717, 1.165) is 6.42 Å². The second kappa shape index (κ2) is 2.91. The fourth-order valence-electron chi connectivity index (χ4n) is 2.21. The van der Waals surface area contributed by atoms with Gasteiger partial charge in [0.15, 0.2) is 0 Å². The van der Waals surface area contributed by atoms with Gasteiger partial charge < -0.3 is 4.79 Å². The van der Waals surface area contributed by atoms with Crippen LogP contribution < -0.4 is 0 Å². The van der Waals surface area contributed by atoms with Gasteiger partial charge in [0.2, 0.25) is 0 Å². The van der Waals surface area contributed by atoms with Crippen LogP contribution in [-0.2, 0) is 4.79 Å². The van der Waals surface area contributed by atoms with Crippen molar-refractivity contribution in [3.05, 3.63) is 12.2 Å². The summed E-state index contributed by atoms with van der Waals surface area (Å²) in [5.74, 6) is 1.66. The van der Waals surface area contributed by atoms with Crippen molar-refractivity contribution < 1.29 is 4.79 Å². The van der Waals surface area contributed by atoms with E-state index in [2.05, 4.69) is 19.1 Å². The molecule has 0 radical (unpaired) electrons. The molecule has 1 saturated heterocycles. The Bertz CT molecular complexity index is 234. The third kappa shape index (κ3) is 1.22. The fourth-order valence-corrected chi connectivity index (χ4v) is 3.93. The Morgan fingerprint density at radius 1 is 1.42 bits per heavy atom. The number of rotatable bonds is 2. The zero-order chi connectivity index (χ0) is 8.72. The highest BCUT2D eigenvalue weighted by Crippen LogP contribution is 2.49. The van der Waals surface area contributed by atoms with E-state index in [0.29, 0.717) is 28.1 Å². The fraction of sp³-hybridized carbons (Fsp3) is 0.700. The molecule has 0 N–H and O–H groups in total. The Kier molecular flexibility index (Phi) is 2.03. The van der Waals surface area contributed by atoms with Crippen molar-refractivity contribution in [3.8, 4) is 0 Å². The predicted molar refractivity (Wildman–Crippen MR) is 52.3 cm³/mol. The number of carbonyl (C=O) groups excluding carboxylic acids is 1. The zero-order valence-corrected chi connectivity index (χ0v) is 8.30. The van der Waals surface area contributed by atoms with Gasteiger partial charge in [0, 0.05) is 16.9 Å². The molecule has 2 heteroatoms. The maximum atomic E-state index is 11.0. The quantitative estimate of drug-likeness (QED) is 0.609. The molecule has 0 aromatic heterocycles. The highest BCUT2D eigenvalue weighted by molar-refractivity contribution is 8.01. The van der Waals surface area contributed by atoms with Gasteiger partial charge in [-0.15, -0.1) is 11.8 Å². The van der Waals surface area contributed by atoms with E-state index in [4.69, 9.17) is 0 Å². The molecule has 1 fully saturated rings. The van der Waals surface area contributed by atoms with Crippen molar-refractivity contribution in [1.82, 2.24) is 0 Å². The molecular formula is C10H14OS. The van der Waals surface area contributed by atoms with E-state index >= 15 is 0 Å². The molecule has 0 spiro atoms. The van der Waals surface area contributed by atoms with Gasteiger partial charge in [0.25, 0.3) is 0 Å². The van der Waals surface area contributed by atoms with Crippen molar-refractivity contribution in [3.63, 3.8) is 0 Å². The second-order valence-corrected chi connectivity index (χ2v) is 5.24. The normalized spacial score (nSPS) is 43.8. The third-order valence-corrected chi connectivity index (χ3v) is 4.67. The largest absolute Gasteiger partial charge is 0.300 e. The first kappa shape index (κ1) is 8.36. The molecule has 4 unspecified atom stereocenters. The van der Waals surface area contributed by atoms with Crippen molar-refractivity contribution in [2.75, 3.05) is 0 Å². The number of thioether (sulfide) groups is 1. The summed E-state index contributed by atoms with van der Waals surface area (Å²) in [6.07, 6.45) is 5.36. The van der Waals surface area contributed by atoms with E-state index < -0.39 is 0 Å². The monoisotopic (exact) mass is 182 g/mol. The van der Waals surface area contributed by atoms with Gasteiger partial charge in [-0.3, -0.25) is 0 Å². The lowest BCUT2D eigenvalue weighted by Crippen LogP contribution is -2.23. The number of fused-ring (bicyclic) bond motifs is 2. The number of hydrogen-bond acceptors (Lipinski definition) is 2. The Morgan fingerprint density at radius 3 is 2.58 bits per heavy atom. The summed E-state index contributed by atoms with van der Waals surface area (Å²) in [6, 6.07) is 0. The van der Waals surface area contributed by atoms with Gasteiger partial charge in [-0.1, -0.05) is 19.1 Å². The average molecular weight is 182 g/mol. The standard InChI is InChI=1S/C10H14OS/c1-6(11)5-8-7(2)9-3-4-10(8)12-9/h3-4,7-10H,5H2,1-2H3. The molecule has 66 valence electrons. The summed E-state index contributed by atoms with van der Waals surface area (Å²) in [4.78, 5) is 11.0. The molecule has 2 aliphatic rings. The summed E-state index contributed by atoms with van der Waals surface area (Å²) < 4.78 is 0. The Morgan fingerprint density at radius 2 is 2.08 bits per heavy atom. The molecule has 0 aromatic rings. The van der Waals surface area contributed by atoms with Gasteiger partial charge in [-0.05, 0) is 18.8 Å². The van der Waals surface area contributed by atoms with Crippen molar-refractivity contribution >= 4 is 17.5 Å². The van der Waals surface area contributed by atoms with Gasteiger partial charge in [0.1, 0.15) is 5.78 Å². The maximum Gasteiger partial charge on any atom is 0.130 e. The van der Waals surface area contributed by atoms with Crippen LogP contribution in [0.4, 0.5) is 0 Å². The second-order valence-electron chi connectivity index (χ2n) is 3.88. The molecule has 2 rings (SSSR count). The van der Waals surface area contributed by atoms with E-state index in [1.807, 2.05) is 11.8 Å². The van der Waals surface area contributed by atoms with Crippen molar-refractivity contribution in [2.45, 2.75) is 30.8 Å². The van der Waals surface area contributed by atoms with E-state index in [9.17, 15) is 4.79 Å². The van der Waals surface area contributed by atoms with Crippen LogP contribution in [0.25, 0.3) is 0 Å². The molecule has 0 amide bonds. The zero-order valence-electron chi connectivity index (χ0n) is 7.49. The smallest absolute Gasteiger partial charge is 0.130 e. The van der Waals surface area contributed by atoms with Crippen LogP contribution in [0.1, 0.15) is 20.3 Å². The van der Waals surface area contributed by atoms with Crippen LogP contribution >= 0.6 is 11.8 Å². The molecule has 0 aliphatic carbocycles. The van der Waals surface area contributed by atoms with Crippen molar-refractivity contribution in [1.29, 1.82) is 0 Å². The lowest BCUT2D eigenvalue weighted by molar-refractivity contribution is -0.118. The van der Waals surface area contributed by atoms with Gasteiger partial charge in [0.05, 0.1) is 0 Å². The third-order valence-electron chi connectivity index (χ3n) is 2.94. The summed E-state index contributed by atoms with van der Waals surface area (Å²) in [6.45, 7) is 3.97. The predicted octanol–water partition coefficient (Wildman–Crippen LogP) is 2.27. The van der Waals surface area contributed by atoms with E-state index in [1.165, 1.54) is 0 Å². The van der Waals surface area contributed by atoms with Crippen LogP contribution in [-0.4, -0.2) is 16.3 Å². The van der Waals surface area contributed by atoms with Crippen LogP contribution in [0.2, 0.25) is 0 Å². The summed E-state index contributed by atoms with van der Waals surface area (Å²) >= 11 is 2.03. The molecule has 0 saturated carbocycles. The Hall–Kier alpha value is -0.240. The summed E-state index contributed by atoms with van der Waals surface area (Å²) in [7, 11) is 0.